The normalized spacial score (nSPS) is 29.7. The van der Waals surface area contributed by atoms with Crippen LogP contribution in [0.3, 0.4) is 0 Å². The highest BCUT2D eigenvalue weighted by atomic mass is 16.5. The van der Waals surface area contributed by atoms with Crippen LogP contribution in [-0.2, 0) is 26.4 Å². The number of amides is 1. The molecule has 1 amide bonds. The Morgan fingerprint density at radius 3 is 2.73 bits per heavy atom. The van der Waals surface area contributed by atoms with Gasteiger partial charge in [0.15, 0.2) is 0 Å². The molecule has 0 spiro atoms. The highest BCUT2D eigenvalue weighted by Crippen LogP contribution is 2.37. The number of rotatable bonds is 7. The average Bonchev–Trinajstić information content (AvgIpc) is 3.44. The molecule has 0 unspecified atom stereocenters. The van der Waals surface area contributed by atoms with Crippen LogP contribution in [0.4, 0.5) is 0 Å². The quantitative estimate of drug-likeness (QED) is 0.597. The average molecular weight is 423 g/mol. The molecule has 2 aliphatic heterocycles. The maximum Gasteiger partial charge on any atom is 0.223 e. The van der Waals surface area contributed by atoms with Crippen LogP contribution in [0.15, 0.2) is 6.20 Å². The third-order valence-corrected chi connectivity index (χ3v) is 6.84. The molecule has 3 aliphatic rings. The van der Waals surface area contributed by atoms with Gasteiger partial charge in [-0.1, -0.05) is 18.1 Å². The van der Waals surface area contributed by atoms with E-state index in [-0.39, 0.29) is 30.6 Å². The van der Waals surface area contributed by atoms with Crippen LogP contribution in [0, 0.1) is 5.92 Å². The topological polar surface area (TPSA) is 119 Å². The fourth-order valence-corrected chi connectivity index (χ4v) is 4.88. The molecule has 9 heteroatoms. The highest BCUT2D eigenvalue weighted by Gasteiger charge is 2.36. The number of aryl methyl sites for hydroxylation is 1. The summed E-state index contributed by atoms with van der Waals surface area (Å²) in [5.74, 6) is 0.0378. The Kier molecular flexibility index (Phi) is 7.02. The van der Waals surface area contributed by atoms with Crippen molar-refractivity contribution < 1.29 is 24.5 Å². The van der Waals surface area contributed by atoms with Crippen molar-refractivity contribution >= 4 is 5.91 Å². The lowest BCUT2D eigenvalue weighted by Gasteiger charge is -2.37. The van der Waals surface area contributed by atoms with Crippen LogP contribution in [0.2, 0.25) is 0 Å². The van der Waals surface area contributed by atoms with Gasteiger partial charge in [0.1, 0.15) is 17.4 Å². The van der Waals surface area contributed by atoms with Gasteiger partial charge in [-0.3, -0.25) is 9.48 Å². The fraction of sp³-hybridized carbons (Fsp3) is 0.857. The lowest BCUT2D eigenvalue weighted by Crippen LogP contribution is -2.52. The zero-order chi connectivity index (χ0) is 21.0. The van der Waals surface area contributed by atoms with Crippen molar-refractivity contribution in [3.05, 3.63) is 11.9 Å². The summed E-state index contributed by atoms with van der Waals surface area (Å²) in [6.45, 7) is 1.79. The van der Waals surface area contributed by atoms with E-state index in [9.17, 15) is 15.0 Å². The number of carbonyl (C=O) groups is 1. The standard InChI is InChI=1S/C21H34N4O5/c26-14-18-17(22-20(27)15-6-11-29-12-7-15)4-3-16(30-18)5-10-25-13-19(23-24-25)21(28)8-1-2-9-21/h13,15-18,26,28H,1-12,14H2,(H,22,27)/t16-,17-,18+/m0/s1. The third-order valence-electron chi connectivity index (χ3n) is 6.84. The SMILES string of the molecule is O=C(N[C@H]1CC[C@@H](CCn2cc(C3(O)CCCC3)nn2)O[C@@H]1CO)C1CCOCC1. The van der Waals surface area contributed by atoms with E-state index in [1.54, 1.807) is 4.68 Å². The van der Waals surface area contributed by atoms with E-state index in [0.29, 0.717) is 25.5 Å². The molecule has 1 aromatic rings. The van der Waals surface area contributed by atoms with Gasteiger partial charge in [0.05, 0.1) is 24.9 Å². The van der Waals surface area contributed by atoms with Crippen LogP contribution in [0.5, 0.6) is 0 Å². The summed E-state index contributed by atoms with van der Waals surface area (Å²) < 4.78 is 13.2. The summed E-state index contributed by atoms with van der Waals surface area (Å²) in [7, 11) is 0. The molecule has 9 nitrogen and oxygen atoms in total. The number of nitrogens with one attached hydrogen (secondary N) is 1. The molecule has 30 heavy (non-hydrogen) atoms. The lowest BCUT2D eigenvalue weighted by molar-refractivity contribution is -0.134. The van der Waals surface area contributed by atoms with Crippen molar-refractivity contribution in [3.63, 3.8) is 0 Å². The fourth-order valence-electron chi connectivity index (χ4n) is 4.88. The van der Waals surface area contributed by atoms with E-state index >= 15 is 0 Å². The summed E-state index contributed by atoms with van der Waals surface area (Å²) in [6.07, 6.45) is 8.84. The number of aliphatic hydroxyl groups is 2. The number of aromatic nitrogens is 3. The second-order valence-corrected chi connectivity index (χ2v) is 8.95. The first kappa shape index (κ1) is 21.7. The summed E-state index contributed by atoms with van der Waals surface area (Å²) in [6, 6.07) is -0.156. The molecule has 0 radical (unpaired) electrons. The molecular formula is C21H34N4O5. The Bertz CT molecular complexity index is 699. The van der Waals surface area contributed by atoms with Gasteiger partial charge in [-0.05, 0) is 44.9 Å². The van der Waals surface area contributed by atoms with Gasteiger partial charge in [-0.25, -0.2) is 0 Å². The van der Waals surface area contributed by atoms with E-state index in [1.807, 2.05) is 6.20 Å². The molecule has 3 N–H and O–H groups in total. The van der Waals surface area contributed by atoms with E-state index in [0.717, 1.165) is 57.8 Å². The summed E-state index contributed by atoms with van der Waals surface area (Å²) >= 11 is 0. The van der Waals surface area contributed by atoms with Crippen molar-refractivity contribution in [2.75, 3.05) is 19.8 Å². The lowest BCUT2D eigenvalue weighted by atomic mass is 9.94. The smallest absolute Gasteiger partial charge is 0.223 e. The van der Waals surface area contributed by atoms with Gasteiger partial charge < -0.3 is 25.0 Å². The number of hydrogen-bond donors (Lipinski definition) is 3. The van der Waals surface area contributed by atoms with Gasteiger partial charge >= 0.3 is 0 Å². The predicted molar refractivity (Wildman–Crippen MR) is 107 cm³/mol. The first-order valence-electron chi connectivity index (χ1n) is 11.3. The Morgan fingerprint density at radius 1 is 1.23 bits per heavy atom. The number of nitrogens with zero attached hydrogens (tertiary/aromatic N) is 3. The molecule has 0 aromatic carbocycles. The van der Waals surface area contributed by atoms with Crippen molar-refractivity contribution in [1.82, 2.24) is 20.3 Å². The van der Waals surface area contributed by atoms with Crippen molar-refractivity contribution in [2.24, 2.45) is 5.92 Å². The number of aliphatic hydroxyl groups excluding tert-OH is 1. The maximum atomic E-state index is 12.5. The van der Waals surface area contributed by atoms with Gasteiger partial charge in [0, 0.05) is 25.7 Å². The number of ether oxygens (including phenoxy) is 2. The zero-order valence-corrected chi connectivity index (χ0v) is 17.5. The molecule has 2 saturated heterocycles. The summed E-state index contributed by atoms with van der Waals surface area (Å²) in [5, 5.41) is 31.9. The monoisotopic (exact) mass is 422 g/mol. The first-order chi connectivity index (χ1) is 14.6. The molecule has 3 atom stereocenters. The first-order valence-corrected chi connectivity index (χ1v) is 11.3. The second kappa shape index (κ2) is 9.72. The minimum atomic E-state index is -0.822. The Balaban J connectivity index is 1.25. The minimum Gasteiger partial charge on any atom is -0.394 e. The van der Waals surface area contributed by atoms with E-state index in [1.165, 1.54) is 0 Å². The summed E-state index contributed by atoms with van der Waals surface area (Å²) in [4.78, 5) is 12.5. The number of carbonyl (C=O) groups excluding carboxylic acids is 1. The molecule has 3 heterocycles. The molecule has 3 fully saturated rings. The third kappa shape index (κ3) is 5.01. The maximum absolute atomic E-state index is 12.5. The van der Waals surface area contributed by atoms with Crippen LogP contribution < -0.4 is 5.32 Å². The van der Waals surface area contributed by atoms with Gasteiger partial charge in [-0.2, -0.15) is 0 Å². The number of hydrogen-bond acceptors (Lipinski definition) is 7. The molecule has 168 valence electrons. The molecule has 1 saturated carbocycles. The Hall–Kier alpha value is -1.55. The highest BCUT2D eigenvalue weighted by molar-refractivity contribution is 5.79. The molecule has 0 bridgehead atoms. The molecular weight excluding hydrogens is 388 g/mol. The Labute approximate surface area is 177 Å². The van der Waals surface area contributed by atoms with Crippen LogP contribution in [0.25, 0.3) is 0 Å². The van der Waals surface area contributed by atoms with Crippen molar-refractivity contribution in [3.8, 4) is 0 Å². The van der Waals surface area contributed by atoms with Crippen LogP contribution in [-0.4, -0.2) is 69.2 Å². The predicted octanol–water partition coefficient (Wildman–Crippen LogP) is 0.881. The van der Waals surface area contributed by atoms with Crippen LogP contribution in [0.1, 0.15) is 63.5 Å². The second-order valence-electron chi connectivity index (χ2n) is 8.95. The molecule has 1 aromatic heterocycles. The van der Waals surface area contributed by atoms with Gasteiger partial charge in [0.25, 0.3) is 0 Å². The van der Waals surface area contributed by atoms with Crippen molar-refractivity contribution in [1.29, 1.82) is 0 Å². The van der Waals surface area contributed by atoms with E-state index < -0.39 is 11.7 Å². The Morgan fingerprint density at radius 2 is 2.00 bits per heavy atom. The van der Waals surface area contributed by atoms with E-state index in [2.05, 4.69) is 15.6 Å². The minimum absolute atomic E-state index is 0.000555. The molecule has 1 aliphatic carbocycles. The molecule has 4 rings (SSSR count). The zero-order valence-electron chi connectivity index (χ0n) is 17.5. The van der Waals surface area contributed by atoms with Gasteiger partial charge in [0.2, 0.25) is 5.91 Å². The van der Waals surface area contributed by atoms with Gasteiger partial charge in [-0.15, -0.1) is 5.10 Å². The van der Waals surface area contributed by atoms with E-state index in [4.69, 9.17) is 9.47 Å². The summed E-state index contributed by atoms with van der Waals surface area (Å²) in [5.41, 5.74) is -0.161. The van der Waals surface area contributed by atoms with Crippen LogP contribution >= 0.6 is 0 Å². The largest absolute Gasteiger partial charge is 0.394 e. The van der Waals surface area contributed by atoms with Crippen molar-refractivity contribution in [2.45, 2.75) is 88.2 Å².